The third-order valence-corrected chi connectivity index (χ3v) is 5.61. The minimum Gasteiger partial charge on any atom is -0.330 e. The van der Waals surface area contributed by atoms with Gasteiger partial charge in [-0.1, -0.05) is 13.8 Å². The highest BCUT2D eigenvalue weighted by molar-refractivity contribution is 5.23. The van der Waals surface area contributed by atoms with Crippen LogP contribution in [0.2, 0.25) is 0 Å². The topological polar surface area (TPSA) is 26.0 Å². The monoisotopic (exact) mass is 165 g/mol. The summed E-state index contributed by atoms with van der Waals surface area (Å²) in [4.78, 5) is 0. The molecule has 2 atom stereocenters. The Balaban J connectivity index is 2.11. The molecule has 1 nitrogen and oxygen atoms in total. The first-order valence-electron chi connectivity index (χ1n) is 5.24. The minimum atomic E-state index is 0.587. The van der Waals surface area contributed by atoms with Crippen LogP contribution in [-0.4, -0.2) is 6.54 Å². The summed E-state index contributed by atoms with van der Waals surface area (Å²) in [5.74, 6) is 0.984. The maximum absolute atomic E-state index is 5.94. The van der Waals surface area contributed by atoms with Crippen LogP contribution in [0.1, 0.15) is 39.5 Å². The average Bonchev–Trinajstić information content (AvgIpc) is 2.50. The summed E-state index contributed by atoms with van der Waals surface area (Å²) < 4.78 is 0. The molecule has 1 heteroatoms. The average molecular weight is 165 g/mol. The second-order valence-corrected chi connectivity index (χ2v) is 6.15. The summed E-state index contributed by atoms with van der Waals surface area (Å²) in [6.07, 6.45) is 5.80. The Kier molecular flexibility index (Phi) is 0.991. The molecule has 2 unspecified atom stereocenters. The highest BCUT2D eigenvalue weighted by Crippen LogP contribution is 2.80. The van der Waals surface area contributed by atoms with Gasteiger partial charge in [0.15, 0.2) is 0 Å². The lowest BCUT2D eigenvalue weighted by Crippen LogP contribution is -2.29. The van der Waals surface area contributed by atoms with E-state index < -0.39 is 0 Å². The van der Waals surface area contributed by atoms with Gasteiger partial charge in [0, 0.05) is 0 Å². The molecule has 0 aromatic heterocycles. The third kappa shape index (κ3) is 0.501. The van der Waals surface area contributed by atoms with Gasteiger partial charge >= 0.3 is 0 Å². The lowest BCUT2D eigenvalue weighted by atomic mass is 9.71. The molecule has 68 valence electrons. The lowest BCUT2D eigenvalue weighted by molar-refractivity contribution is 0.157. The van der Waals surface area contributed by atoms with Gasteiger partial charge in [-0.05, 0) is 54.4 Å². The lowest BCUT2D eigenvalue weighted by Gasteiger charge is -2.34. The van der Waals surface area contributed by atoms with Gasteiger partial charge in [-0.3, -0.25) is 0 Å². The molecule has 4 saturated carbocycles. The van der Waals surface area contributed by atoms with Crippen LogP contribution in [0.25, 0.3) is 0 Å². The van der Waals surface area contributed by atoms with Crippen molar-refractivity contribution in [2.45, 2.75) is 39.5 Å². The smallest absolute Gasteiger partial charge is 0.00175 e. The molecule has 4 aliphatic carbocycles. The van der Waals surface area contributed by atoms with Crippen LogP contribution in [0.15, 0.2) is 0 Å². The van der Waals surface area contributed by atoms with Crippen LogP contribution >= 0.6 is 0 Å². The fraction of sp³-hybridized carbons (Fsp3) is 1.00. The van der Waals surface area contributed by atoms with E-state index in [1.54, 1.807) is 0 Å². The first-order valence-corrected chi connectivity index (χ1v) is 5.24. The highest BCUT2D eigenvalue weighted by atomic mass is 14.8. The molecule has 0 aliphatic heterocycles. The van der Waals surface area contributed by atoms with Crippen molar-refractivity contribution in [3.8, 4) is 0 Å². The largest absolute Gasteiger partial charge is 0.330 e. The predicted octanol–water partition coefficient (Wildman–Crippen LogP) is 2.16. The van der Waals surface area contributed by atoms with Crippen molar-refractivity contribution < 1.29 is 0 Å². The first-order chi connectivity index (χ1) is 5.54. The summed E-state index contributed by atoms with van der Waals surface area (Å²) in [5.41, 5.74) is 7.86. The Hall–Kier alpha value is -0.0400. The van der Waals surface area contributed by atoms with Crippen LogP contribution in [0.3, 0.4) is 0 Å². The van der Waals surface area contributed by atoms with Gasteiger partial charge < -0.3 is 5.73 Å². The summed E-state index contributed by atoms with van der Waals surface area (Å²) in [6, 6.07) is 0. The summed E-state index contributed by atoms with van der Waals surface area (Å²) in [6.45, 7) is 5.94. The number of hydrogen-bond acceptors (Lipinski definition) is 1. The Morgan fingerprint density at radius 3 is 1.83 bits per heavy atom. The van der Waals surface area contributed by atoms with Gasteiger partial charge in [0.25, 0.3) is 0 Å². The quantitative estimate of drug-likeness (QED) is 0.633. The second-order valence-electron chi connectivity index (χ2n) is 6.15. The molecule has 4 aliphatic rings. The van der Waals surface area contributed by atoms with Crippen molar-refractivity contribution in [3.05, 3.63) is 0 Å². The number of rotatable bonds is 1. The van der Waals surface area contributed by atoms with Gasteiger partial charge in [-0.2, -0.15) is 0 Å². The predicted molar refractivity (Wildman–Crippen MR) is 49.7 cm³/mol. The molecule has 2 N–H and O–H groups in total. The molecular formula is C11H19N. The Bertz CT molecular complexity index is 227. The first kappa shape index (κ1) is 7.37. The van der Waals surface area contributed by atoms with E-state index in [9.17, 15) is 0 Å². The van der Waals surface area contributed by atoms with Gasteiger partial charge in [-0.15, -0.1) is 0 Å². The van der Waals surface area contributed by atoms with E-state index in [0.29, 0.717) is 16.2 Å². The van der Waals surface area contributed by atoms with Crippen molar-refractivity contribution in [2.75, 3.05) is 6.54 Å². The Labute approximate surface area is 74.7 Å². The second kappa shape index (κ2) is 1.61. The molecule has 0 aromatic rings. The Morgan fingerprint density at radius 2 is 1.67 bits per heavy atom. The number of hydrogen-bond donors (Lipinski definition) is 1. The molecular weight excluding hydrogens is 146 g/mol. The van der Waals surface area contributed by atoms with E-state index >= 15 is 0 Å². The summed E-state index contributed by atoms with van der Waals surface area (Å²) in [7, 11) is 0. The van der Waals surface area contributed by atoms with Gasteiger partial charge in [0.2, 0.25) is 0 Å². The molecule has 0 amide bonds. The molecule has 4 fully saturated rings. The fourth-order valence-corrected chi connectivity index (χ4v) is 4.87. The zero-order valence-corrected chi connectivity index (χ0v) is 8.19. The van der Waals surface area contributed by atoms with Crippen LogP contribution in [0.4, 0.5) is 0 Å². The normalized spacial score (nSPS) is 66.8. The van der Waals surface area contributed by atoms with Crippen molar-refractivity contribution in [1.29, 1.82) is 0 Å². The highest BCUT2D eigenvalue weighted by Gasteiger charge is 2.73. The van der Waals surface area contributed by atoms with Crippen LogP contribution in [0.5, 0.6) is 0 Å². The molecule has 0 saturated heterocycles. The van der Waals surface area contributed by atoms with Crippen LogP contribution < -0.4 is 5.73 Å². The summed E-state index contributed by atoms with van der Waals surface area (Å²) >= 11 is 0. The van der Waals surface area contributed by atoms with E-state index in [2.05, 4.69) is 13.8 Å². The molecule has 0 heterocycles. The van der Waals surface area contributed by atoms with E-state index in [1.165, 1.54) is 25.7 Å². The standard InChI is InChI=1S/C11H19N/c1-9-3-8-4-10(9,2)6-11(8,5-9)7-12/h8H,3-7,12H2,1-2H3. The SMILES string of the molecule is CC12CC3CC1(C)CC3(CN)C2. The van der Waals surface area contributed by atoms with E-state index in [4.69, 9.17) is 5.73 Å². The fourth-order valence-electron chi connectivity index (χ4n) is 4.87. The number of nitrogens with two attached hydrogens (primary N) is 1. The van der Waals surface area contributed by atoms with Gasteiger partial charge in [0.05, 0.1) is 0 Å². The molecule has 0 spiro atoms. The summed E-state index contributed by atoms with van der Waals surface area (Å²) in [5, 5.41) is 0. The zero-order valence-electron chi connectivity index (χ0n) is 8.19. The van der Waals surface area contributed by atoms with Crippen molar-refractivity contribution in [2.24, 2.45) is 27.9 Å². The van der Waals surface area contributed by atoms with Gasteiger partial charge in [0.1, 0.15) is 0 Å². The van der Waals surface area contributed by atoms with Crippen molar-refractivity contribution in [1.82, 2.24) is 0 Å². The van der Waals surface area contributed by atoms with E-state index in [0.717, 1.165) is 12.5 Å². The Morgan fingerprint density at radius 1 is 1.17 bits per heavy atom. The van der Waals surface area contributed by atoms with E-state index in [-0.39, 0.29) is 0 Å². The maximum atomic E-state index is 5.94. The molecule has 4 rings (SSSR count). The zero-order chi connectivity index (χ0) is 8.61. The maximum Gasteiger partial charge on any atom is -0.00175 e. The van der Waals surface area contributed by atoms with Crippen molar-refractivity contribution >= 4 is 0 Å². The van der Waals surface area contributed by atoms with E-state index in [1.807, 2.05) is 0 Å². The van der Waals surface area contributed by atoms with Crippen LogP contribution in [0, 0.1) is 22.2 Å². The molecule has 12 heavy (non-hydrogen) atoms. The van der Waals surface area contributed by atoms with Crippen LogP contribution in [-0.2, 0) is 0 Å². The molecule has 0 aromatic carbocycles. The van der Waals surface area contributed by atoms with Gasteiger partial charge in [-0.25, -0.2) is 0 Å². The van der Waals surface area contributed by atoms with Crippen molar-refractivity contribution in [3.63, 3.8) is 0 Å². The molecule has 4 bridgehead atoms. The third-order valence-electron chi connectivity index (χ3n) is 5.61. The minimum absolute atomic E-state index is 0.587. The molecule has 0 radical (unpaired) electrons.